The Hall–Kier alpha value is -1.71. The van der Waals surface area contributed by atoms with E-state index in [0.29, 0.717) is 17.7 Å². The first-order valence-corrected chi connectivity index (χ1v) is 10.9. The zero-order valence-corrected chi connectivity index (χ0v) is 16.7. The molecule has 30 heavy (non-hydrogen) atoms. The third kappa shape index (κ3) is 3.05. The SMILES string of the molecule is O=C(O)[C@@H]1O[C@@H](Oc2ccc3c(c2)[C@@]24CCCC[C@@H]2[C@@H](C3)NCC4)[C@H](O)[C@@H](O)[C@@H]1O. The van der Waals surface area contributed by atoms with Crippen LogP contribution in [0.15, 0.2) is 18.2 Å². The Morgan fingerprint density at radius 1 is 1.13 bits per heavy atom. The molecule has 0 unspecified atom stereocenters. The lowest BCUT2D eigenvalue weighted by atomic mass is 9.53. The average Bonchev–Trinajstić information content (AvgIpc) is 2.74. The highest BCUT2D eigenvalue weighted by molar-refractivity contribution is 5.73. The molecule has 5 N–H and O–H groups in total. The van der Waals surface area contributed by atoms with Gasteiger partial charge in [-0.3, -0.25) is 0 Å². The van der Waals surface area contributed by atoms with Crippen LogP contribution in [-0.2, 0) is 21.4 Å². The van der Waals surface area contributed by atoms with Gasteiger partial charge in [-0.25, -0.2) is 4.79 Å². The molecule has 8 heteroatoms. The second kappa shape index (κ2) is 7.46. The van der Waals surface area contributed by atoms with Crippen LogP contribution in [0.3, 0.4) is 0 Å². The molecule has 1 saturated carbocycles. The van der Waals surface area contributed by atoms with Crippen molar-refractivity contribution in [2.75, 3.05) is 6.54 Å². The molecule has 0 amide bonds. The minimum absolute atomic E-state index is 0.131. The Morgan fingerprint density at radius 3 is 2.77 bits per heavy atom. The molecule has 5 rings (SSSR count). The van der Waals surface area contributed by atoms with E-state index in [4.69, 9.17) is 9.47 Å². The molecule has 2 aliphatic heterocycles. The monoisotopic (exact) mass is 419 g/mol. The molecule has 2 bridgehead atoms. The van der Waals surface area contributed by atoms with Gasteiger partial charge in [0.2, 0.25) is 6.29 Å². The molecule has 0 radical (unpaired) electrons. The van der Waals surface area contributed by atoms with Crippen LogP contribution in [0.4, 0.5) is 0 Å². The summed E-state index contributed by atoms with van der Waals surface area (Å²) in [6.45, 7) is 1.00. The summed E-state index contributed by atoms with van der Waals surface area (Å²) >= 11 is 0. The van der Waals surface area contributed by atoms with Crippen LogP contribution in [0.1, 0.15) is 43.2 Å². The molecule has 4 aliphatic rings. The minimum atomic E-state index is -1.73. The van der Waals surface area contributed by atoms with Crippen LogP contribution >= 0.6 is 0 Å². The quantitative estimate of drug-likeness (QED) is 0.473. The zero-order valence-electron chi connectivity index (χ0n) is 16.7. The fraction of sp³-hybridized carbons (Fsp3) is 0.682. The summed E-state index contributed by atoms with van der Waals surface area (Å²) in [5, 5.41) is 43.1. The first-order valence-electron chi connectivity index (χ1n) is 10.9. The second-order valence-corrected chi connectivity index (χ2v) is 9.20. The van der Waals surface area contributed by atoms with Crippen LogP contribution in [0.25, 0.3) is 0 Å². The third-order valence-corrected chi connectivity index (χ3v) is 7.68. The van der Waals surface area contributed by atoms with Gasteiger partial charge in [0.05, 0.1) is 0 Å². The summed E-state index contributed by atoms with van der Waals surface area (Å²) in [4.78, 5) is 11.3. The van der Waals surface area contributed by atoms with Crippen molar-refractivity contribution in [3.8, 4) is 5.75 Å². The van der Waals surface area contributed by atoms with E-state index in [1.54, 1.807) is 6.07 Å². The number of carboxylic acid groups (broad SMARTS) is 1. The summed E-state index contributed by atoms with van der Waals surface area (Å²) in [6, 6.07) is 6.37. The maximum atomic E-state index is 11.3. The van der Waals surface area contributed by atoms with E-state index in [1.165, 1.54) is 30.4 Å². The van der Waals surface area contributed by atoms with E-state index in [1.807, 2.05) is 12.1 Å². The molecule has 0 spiro atoms. The number of aliphatic hydroxyl groups excluding tert-OH is 3. The normalized spacial score (nSPS) is 42.7. The number of ether oxygens (including phenoxy) is 2. The van der Waals surface area contributed by atoms with Gasteiger partial charge < -0.3 is 35.2 Å². The molecule has 8 nitrogen and oxygen atoms in total. The lowest BCUT2D eigenvalue weighted by Gasteiger charge is -2.56. The van der Waals surface area contributed by atoms with Crippen LogP contribution < -0.4 is 10.1 Å². The molecule has 1 aromatic rings. The highest BCUT2D eigenvalue weighted by Crippen LogP contribution is 2.54. The summed E-state index contributed by atoms with van der Waals surface area (Å²) in [5.74, 6) is -0.342. The van der Waals surface area contributed by atoms with Gasteiger partial charge in [-0.05, 0) is 61.4 Å². The molecule has 2 heterocycles. The number of aliphatic hydroxyl groups is 3. The van der Waals surface area contributed by atoms with E-state index in [9.17, 15) is 25.2 Å². The number of benzene rings is 1. The maximum Gasteiger partial charge on any atom is 0.335 e. The van der Waals surface area contributed by atoms with Crippen LogP contribution in [-0.4, -0.2) is 69.7 Å². The molecular formula is C22H29NO7. The molecule has 2 saturated heterocycles. The van der Waals surface area contributed by atoms with Gasteiger partial charge in [0, 0.05) is 11.5 Å². The van der Waals surface area contributed by atoms with Gasteiger partial charge in [-0.2, -0.15) is 0 Å². The van der Waals surface area contributed by atoms with Crippen molar-refractivity contribution in [2.24, 2.45) is 5.92 Å². The Balaban J connectivity index is 1.44. The molecule has 8 atom stereocenters. The minimum Gasteiger partial charge on any atom is -0.479 e. The van der Waals surface area contributed by atoms with Gasteiger partial charge in [-0.1, -0.05) is 18.9 Å². The number of piperidine rings is 1. The average molecular weight is 419 g/mol. The van der Waals surface area contributed by atoms with E-state index in [2.05, 4.69) is 5.32 Å². The number of fused-ring (bicyclic) bond motifs is 1. The first-order chi connectivity index (χ1) is 14.4. The van der Waals surface area contributed by atoms with Crippen molar-refractivity contribution in [3.63, 3.8) is 0 Å². The molecule has 164 valence electrons. The molecule has 3 fully saturated rings. The molecular weight excluding hydrogens is 390 g/mol. The number of carbonyl (C=O) groups is 1. The fourth-order valence-electron chi connectivity index (χ4n) is 6.26. The Kier molecular flexibility index (Phi) is 5.02. The fourth-order valence-corrected chi connectivity index (χ4v) is 6.26. The summed E-state index contributed by atoms with van der Waals surface area (Å²) in [5.41, 5.74) is 2.73. The number of nitrogens with one attached hydrogen (secondary N) is 1. The first kappa shape index (κ1) is 20.2. The van der Waals surface area contributed by atoms with E-state index in [-0.39, 0.29) is 5.41 Å². The van der Waals surface area contributed by atoms with Gasteiger partial charge in [-0.15, -0.1) is 0 Å². The standard InChI is InChI=1S/C22H29NO7/c24-16-17(25)19(20(27)28)30-21(18(16)26)29-12-5-4-11-9-15-13-3-1-2-6-22(13,7-8-23-15)14(11)10-12/h4-5,10,13,15-19,21,23-26H,1-3,6-9H2,(H,27,28)/t13-,15-,16+,17+,18-,19-,21-,22-/m1/s1. The van der Waals surface area contributed by atoms with E-state index in [0.717, 1.165) is 25.8 Å². The summed E-state index contributed by atoms with van der Waals surface area (Å²) in [6.07, 6.45) is -1.10. The Morgan fingerprint density at radius 2 is 1.97 bits per heavy atom. The van der Waals surface area contributed by atoms with Crippen LogP contribution in [0.5, 0.6) is 5.75 Å². The highest BCUT2D eigenvalue weighted by atomic mass is 16.7. The Bertz CT molecular complexity index is 828. The third-order valence-electron chi connectivity index (χ3n) is 7.68. The second-order valence-electron chi connectivity index (χ2n) is 9.20. The van der Waals surface area contributed by atoms with Gasteiger partial charge in [0.1, 0.15) is 24.1 Å². The van der Waals surface area contributed by atoms with Crippen molar-refractivity contribution in [3.05, 3.63) is 29.3 Å². The topological polar surface area (TPSA) is 128 Å². The number of aliphatic carboxylic acids is 1. The highest BCUT2D eigenvalue weighted by Gasteiger charge is 2.52. The van der Waals surface area contributed by atoms with E-state index >= 15 is 0 Å². The zero-order chi connectivity index (χ0) is 21.0. The molecule has 2 aliphatic carbocycles. The van der Waals surface area contributed by atoms with Crippen molar-refractivity contribution < 1.29 is 34.7 Å². The van der Waals surface area contributed by atoms with Gasteiger partial charge in [0.15, 0.2) is 6.10 Å². The largest absolute Gasteiger partial charge is 0.479 e. The number of carboxylic acids is 1. The lowest BCUT2D eigenvalue weighted by molar-refractivity contribution is -0.271. The summed E-state index contributed by atoms with van der Waals surface area (Å²) in [7, 11) is 0. The number of hydrogen-bond acceptors (Lipinski definition) is 7. The van der Waals surface area contributed by atoms with Crippen molar-refractivity contribution in [2.45, 2.75) is 80.7 Å². The van der Waals surface area contributed by atoms with Crippen molar-refractivity contribution in [1.82, 2.24) is 5.32 Å². The summed E-state index contributed by atoms with van der Waals surface area (Å²) < 4.78 is 11.1. The predicted molar refractivity (Wildman–Crippen MR) is 105 cm³/mol. The smallest absolute Gasteiger partial charge is 0.335 e. The van der Waals surface area contributed by atoms with Crippen LogP contribution in [0.2, 0.25) is 0 Å². The van der Waals surface area contributed by atoms with E-state index < -0.39 is 36.7 Å². The van der Waals surface area contributed by atoms with Crippen molar-refractivity contribution in [1.29, 1.82) is 0 Å². The number of rotatable bonds is 3. The molecule has 0 aromatic heterocycles. The van der Waals surface area contributed by atoms with Crippen molar-refractivity contribution >= 4 is 5.97 Å². The van der Waals surface area contributed by atoms with Gasteiger partial charge >= 0.3 is 5.97 Å². The number of hydrogen-bond donors (Lipinski definition) is 5. The molecule has 1 aromatic carbocycles. The Labute approximate surface area is 174 Å². The van der Waals surface area contributed by atoms with Gasteiger partial charge in [0.25, 0.3) is 0 Å². The predicted octanol–water partition coefficient (Wildman–Crippen LogP) is 0.304. The maximum absolute atomic E-state index is 11.3. The van der Waals surface area contributed by atoms with Crippen LogP contribution in [0, 0.1) is 5.92 Å². The lowest BCUT2D eigenvalue weighted by Crippen LogP contribution is -2.61.